The molecule has 8 nitrogen and oxygen atoms in total. The van der Waals surface area contributed by atoms with Gasteiger partial charge in [0.15, 0.2) is 12.4 Å². The summed E-state index contributed by atoms with van der Waals surface area (Å²) in [6.07, 6.45) is 3.62. The van der Waals surface area contributed by atoms with Gasteiger partial charge in [0.1, 0.15) is 11.4 Å². The van der Waals surface area contributed by atoms with Gasteiger partial charge in [-0.3, -0.25) is 9.59 Å². The van der Waals surface area contributed by atoms with Crippen LogP contribution < -0.4 is 4.74 Å². The number of aryl methyl sites for hydroxylation is 1. The first-order valence-electron chi connectivity index (χ1n) is 9.74. The molecule has 4 rings (SSSR count). The van der Waals surface area contributed by atoms with Gasteiger partial charge in [-0.15, -0.1) is 10.2 Å². The minimum Gasteiger partial charge on any atom is -0.484 e. The van der Waals surface area contributed by atoms with E-state index in [4.69, 9.17) is 9.15 Å². The van der Waals surface area contributed by atoms with E-state index in [1.54, 1.807) is 17.2 Å². The summed E-state index contributed by atoms with van der Waals surface area (Å²) in [7, 11) is 0. The van der Waals surface area contributed by atoms with Crippen molar-refractivity contribution in [2.24, 2.45) is 0 Å². The van der Waals surface area contributed by atoms with Crippen LogP contribution in [-0.4, -0.2) is 50.6 Å². The quantitative estimate of drug-likeness (QED) is 0.434. The number of nitrogens with one attached hydrogen (secondary N) is 1. The Balaban J connectivity index is 1.27. The fraction of sp³-hybridized carbons (Fsp3) is 0.333. The number of aromatic nitrogens is 3. The molecular formula is C21H22N4O4S. The molecule has 3 heterocycles. The first-order valence-corrected chi connectivity index (χ1v) is 10.7. The van der Waals surface area contributed by atoms with Crippen molar-refractivity contribution in [2.45, 2.75) is 31.6 Å². The molecule has 1 aromatic carbocycles. The molecule has 30 heavy (non-hydrogen) atoms. The maximum atomic E-state index is 12.4. The lowest BCUT2D eigenvalue weighted by Gasteiger charge is -2.13. The molecule has 0 radical (unpaired) electrons. The molecule has 1 amide bonds. The summed E-state index contributed by atoms with van der Waals surface area (Å²) in [4.78, 5) is 29.5. The van der Waals surface area contributed by atoms with E-state index in [2.05, 4.69) is 15.2 Å². The summed E-state index contributed by atoms with van der Waals surface area (Å²) in [5.74, 6) is 1.02. The van der Waals surface area contributed by atoms with Gasteiger partial charge in [0.05, 0.1) is 5.75 Å². The lowest BCUT2D eigenvalue weighted by molar-refractivity contribution is 0.0787. The highest BCUT2D eigenvalue weighted by atomic mass is 32.2. The van der Waals surface area contributed by atoms with Crippen molar-refractivity contribution in [1.29, 1.82) is 0 Å². The molecule has 0 unspecified atom stereocenters. The van der Waals surface area contributed by atoms with Crippen molar-refractivity contribution < 1.29 is 18.7 Å². The minimum atomic E-state index is -0.118. The largest absolute Gasteiger partial charge is 0.484 e. The zero-order valence-corrected chi connectivity index (χ0v) is 17.4. The number of benzene rings is 1. The number of nitrogens with zero attached hydrogens (tertiary/aromatic N) is 3. The van der Waals surface area contributed by atoms with Crippen molar-refractivity contribution in [1.82, 2.24) is 20.1 Å². The van der Waals surface area contributed by atoms with Gasteiger partial charge in [-0.05, 0) is 43.5 Å². The maximum absolute atomic E-state index is 12.4. The molecule has 1 fully saturated rings. The highest BCUT2D eigenvalue weighted by Gasteiger charge is 2.22. The number of Topliss-reactive ketones (excluding diaryl/α,β-unsaturated/α-hetero) is 1. The number of hydrogen-bond donors (Lipinski definition) is 1. The summed E-state index contributed by atoms with van der Waals surface area (Å²) in [5, 5.41) is 8.19. The Bertz CT molecular complexity index is 1040. The molecule has 3 aromatic rings. The van der Waals surface area contributed by atoms with E-state index < -0.39 is 0 Å². The summed E-state index contributed by atoms with van der Waals surface area (Å²) in [6.45, 7) is 3.68. The normalized spacial score (nSPS) is 13.6. The van der Waals surface area contributed by atoms with Crippen molar-refractivity contribution in [3.05, 3.63) is 59.2 Å². The van der Waals surface area contributed by atoms with E-state index in [1.165, 1.54) is 0 Å². The number of carbonyl (C=O) groups excluding carboxylic acids is 2. The van der Waals surface area contributed by atoms with Crippen LogP contribution in [0.3, 0.4) is 0 Å². The van der Waals surface area contributed by atoms with Crippen molar-refractivity contribution in [3.63, 3.8) is 0 Å². The highest BCUT2D eigenvalue weighted by Crippen LogP contribution is 2.20. The third-order valence-electron chi connectivity index (χ3n) is 4.76. The smallest absolute Gasteiger partial charge is 0.277 e. The molecule has 1 aliphatic heterocycles. The Labute approximate surface area is 178 Å². The molecule has 9 heteroatoms. The SMILES string of the molecule is Cc1cccc(OCc2nnc(SCC(=O)c3c[nH]c(C(=O)N4CCCC4)c3)o2)c1. The van der Waals surface area contributed by atoms with Gasteiger partial charge < -0.3 is 19.0 Å². The lowest BCUT2D eigenvalue weighted by Crippen LogP contribution is -2.27. The summed E-state index contributed by atoms with van der Waals surface area (Å²) in [6, 6.07) is 9.29. The number of rotatable bonds is 8. The second-order valence-electron chi connectivity index (χ2n) is 7.08. The van der Waals surface area contributed by atoms with E-state index in [9.17, 15) is 9.59 Å². The Morgan fingerprint density at radius 2 is 2.07 bits per heavy atom. The van der Waals surface area contributed by atoms with Crippen molar-refractivity contribution in [2.75, 3.05) is 18.8 Å². The first-order chi connectivity index (χ1) is 14.6. The van der Waals surface area contributed by atoms with E-state index in [0.717, 1.165) is 49.0 Å². The fourth-order valence-corrected chi connectivity index (χ4v) is 3.86. The third-order valence-corrected chi connectivity index (χ3v) is 5.57. The standard InChI is InChI=1S/C21H22N4O4S/c1-14-5-4-6-16(9-14)28-12-19-23-24-21(29-19)30-13-18(26)15-10-17(22-11-15)20(27)25-7-2-3-8-25/h4-6,9-11,22H,2-3,7-8,12-13H2,1H3. The monoisotopic (exact) mass is 426 g/mol. The third kappa shape index (κ3) is 4.91. The average Bonchev–Trinajstić information content (AvgIpc) is 3.52. The second-order valence-corrected chi connectivity index (χ2v) is 8.01. The predicted octanol–water partition coefficient (Wildman–Crippen LogP) is 3.50. The predicted molar refractivity (Wildman–Crippen MR) is 111 cm³/mol. The van der Waals surface area contributed by atoms with Crippen molar-refractivity contribution >= 4 is 23.5 Å². The number of thioether (sulfide) groups is 1. The van der Waals surface area contributed by atoms with Gasteiger partial charge in [-0.25, -0.2) is 0 Å². The van der Waals surface area contributed by atoms with Gasteiger partial charge in [0.25, 0.3) is 17.0 Å². The first kappa shape index (κ1) is 20.2. The van der Waals surface area contributed by atoms with Gasteiger partial charge in [0.2, 0.25) is 0 Å². The topological polar surface area (TPSA) is 101 Å². The van der Waals surface area contributed by atoms with Gasteiger partial charge in [-0.2, -0.15) is 0 Å². The molecule has 1 saturated heterocycles. The van der Waals surface area contributed by atoms with Gasteiger partial charge >= 0.3 is 0 Å². The lowest BCUT2D eigenvalue weighted by atomic mass is 10.2. The molecule has 156 valence electrons. The van der Waals surface area contributed by atoms with Crippen LogP contribution in [0.4, 0.5) is 0 Å². The molecule has 0 bridgehead atoms. The Morgan fingerprint density at radius 3 is 2.87 bits per heavy atom. The van der Waals surface area contributed by atoms with Crippen LogP contribution in [0.15, 0.2) is 46.2 Å². The van der Waals surface area contributed by atoms with E-state index in [-0.39, 0.29) is 24.1 Å². The number of carbonyl (C=O) groups is 2. The number of H-pyrrole nitrogens is 1. The molecule has 1 aliphatic rings. The molecule has 1 N–H and O–H groups in total. The highest BCUT2D eigenvalue weighted by molar-refractivity contribution is 7.99. The number of hydrogen-bond acceptors (Lipinski definition) is 7. The molecule has 0 atom stereocenters. The zero-order chi connectivity index (χ0) is 20.9. The van der Waals surface area contributed by atoms with Crippen LogP contribution in [0, 0.1) is 6.92 Å². The molecule has 0 saturated carbocycles. The summed E-state index contributed by atoms with van der Waals surface area (Å²) < 4.78 is 11.2. The number of aromatic amines is 1. The molecule has 0 aliphatic carbocycles. The molecule has 0 spiro atoms. The minimum absolute atomic E-state index is 0.0608. The number of amides is 1. The summed E-state index contributed by atoms with van der Waals surface area (Å²) in [5.41, 5.74) is 2.01. The Kier molecular flexibility index (Phi) is 6.18. The molecular weight excluding hydrogens is 404 g/mol. The number of ketones is 1. The van der Waals surface area contributed by atoms with Crippen LogP contribution in [0.1, 0.15) is 45.1 Å². The van der Waals surface area contributed by atoms with E-state index in [0.29, 0.717) is 22.4 Å². The fourth-order valence-electron chi connectivity index (χ4n) is 3.19. The average molecular weight is 426 g/mol. The van der Waals surface area contributed by atoms with Gasteiger partial charge in [0, 0.05) is 24.8 Å². The van der Waals surface area contributed by atoms with Crippen molar-refractivity contribution in [3.8, 4) is 5.75 Å². The van der Waals surface area contributed by atoms with Crippen LogP contribution >= 0.6 is 11.8 Å². The number of ether oxygens (including phenoxy) is 1. The van der Waals surface area contributed by atoms with Crippen LogP contribution in [0.5, 0.6) is 5.75 Å². The molecule has 2 aromatic heterocycles. The maximum Gasteiger partial charge on any atom is 0.277 e. The Morgan fingerprint density at radius 1 is 1.23 bits per heavy atom. The van der Waals surface area contributed by atoms with Crippen LogP contribution in [-0.2, 0) is 6.61 Å². The van der Waals surface area contributed by atoms with Gasteiger partial charge in [-0.1, -0.05) is 23.9 Å². The number of likely N-dealkylation sites (tertiary alicyclic amines) is 1. The van der Waals surface area contributed by atoms with E-state index in [1.807, 2.05) is 31.2 Å². The second kappa shape index (κ2) is 9.17. The Hall–Kier alpha value is -3.07. The van der Waals surface area contributed by atoms with E-state index >= 15 is 0 Å². The summed E-state index contributed by atoms with van der Waals surface area (Å²) >= 11 is 1.16. The van der Waals surface area contributed by atoms with Crippen LogP contribution in [0.25, 0.3) is 0 Å². The van der Waals surface area contributed by atoms with Crippen LogP contribution in [0.2, 0.25) is 0 Å². The zero-order valence-electron chi connectivity index (χ0n) is 16.6.